The monoisotopic (exact) mass is 350 g/mol. The number of alkyl halides is 1. The first-order valence-corrected chi connectivity index (χ1v) is 8.49. The number of ether oxygens (including phenoxy) is 1. The predicted molar refractivity (Wildman–Crippen MR) is 90.3 cm³/mol. The van der Waals surface area contributed by atoms with Crippen LogP contribution >= 0.6 is 15.9 Å². The fourth-order valence-corrected chi connectivity index (χ4v) is 3.05. The number of methoxy groups -OCH3 is 1. The number of nitrogens with zero attached hydrogens (tertiary/aromatic N) is 2. The summed E-state index contributed by atoms with van der Waals surface area (Å²) in [6, 6.07) is 10.5. The molecule has 0 spiro atoms. The van der Waals surface area contributed by atoms with E-state index < -0.39 is 0 Å². The van der Waals surface area contributed by atoms with Crippen molar-refractivity contribution in [2.24, 2.45) is 13.0 Å². The zero-order valence-corrected chi connectivity index (χ0v) is 14.6. The molecule has 1 atom stereocenters. The van der Waals surface area contributed by atoms with Gasteiger partial charge in [-0.05, 0) is 42.9 Å². The third-order valence-electron chi connectivity index (χ3n) is 3.81. The third kappa shape index (κ3) is 4.10. The molecule has 0 fully saturated rings. The fraction of sp³-hybridized carbons (Fsp3) is 0.471. The van der Waals surface area contributed by atoms with E-state index in [0.29, 0.717) is 5.92 Å². The molecule has 1 unspecified atom stereocenters. The van der Waals surface area contributed by atoms with Crippen LogP contribution in [0.15, 0.2) is 30.3 Å². The normalized spacial score (nSPS) is 12.4. The van der Waals surface area contributed by atoms with Gasteiger partial charge in [-0.1, -0.05) is 41.1 Å². The molecule has 0 N–H and O–H groups in total. The van der Waals surface area contributed by atoms with Crippen LogP contribution in [-0.2, 0) is 26.3 Å². The summed E-state index contributed by atoms with van der Waals surface area (Å²) in [7, 11) is 3.76. The Labute approximate surface area is 135 Å². The summed E-state index contributed by atoms with van der Waals surface area (Å²) in [6.07, 6.45) is 3.01. The molecule has 4 heteroatoms. The fourth-order valence-electron chi connectivity index (χ4n) is 2.59. The molecule has 0 saturated heterocycles. The lowest BCUT2D eigenvalue weighted by atomic mass is 9.96. The molecule has 0 aliphatic heterocycles. The van der Waals surface area contributed by atoms with Crippen molar-refractivity contribution in [2.75, 3.05) is 12.4 Å². The number of aromatic nitrogens is 2. The third-order valence-corrected chi connectivity index (χ3v) is 4.72. The van der Waals surface area contributed by atoms with Gasteiger partial charge in [0, 0.05) is 18.1 Å². The van der Waals surface area contributed by atoms with Crippen LogP contribution in [0.2, 0.25) is 0 Å². The summed E-state index contributed by atoms with van der Waals surface area (Å²) in [5.41, 5.74) is 3.73. The molecule has 0 amide bonds. The van der Waals surface area contributed by atoms with Gasteiger partial charge in [-0.2, -0.15) is 5.10 Å². The molecule has 2 aromatic rings. The first kappa shape index (κ1) is 16.1. The zero-order valence-electron chi connectivity index (χ0n) is 13.0. The Balaban J connectivity index is 2.11. The minimum Gasteiger partial charge on any atom is -0.496 e. The molecule has 1 heterocycles. The van der Waals surface area contributed by atoms with Gasteiger partial charge in [-0.25, -0.2) is 0 Å². The van der Waals surface area contributed by atoms with Crippen LogP contribution in [0.25, 0.3) is 0 Å². The van der Waals surface area contributed by atoms with Gasteiger partial charge < -0.3 is 4.74 Å². The van der Waals surface area contributed by atoms with Crippen molar-refractivity contribution in [1.82, 2.24) is 9.78 Å². The Morgan fingerprint density at radius 2 is 2.05 bits per heavy atom. The summed E-state index contributed by atoms with van der Waals surface area (Å²) < 4.78 is 7.46. The number of hydrogen-bond donors (Lipinski definition) is 0. The molecule has 0 aliphatic rings. The molecule has 3 nitrogen and oxygen atoms in total. The second-order valence-corrected chi connectivity index (χ2v) is 5.99. The van der Waals surface area contributed by atoms with Crippen LogP contribution < -0.4 is 4.74 Å². The van der Waals surface area contributed by atoms with Crippen molar-refractivity contribution < 1.29 is 4.74 Å². The minimum atomic E-state index is 0.529. The van der Waals surface area contributed by atoms with Gasteiger partial charge >= 0.3 is 0 Å². The first-order chi connectivity index (χ1) is 10.2. The second-order valence-electron chi connectivity index (χ2n) is 5.34. The highest BCUT2D eigenvalue weighted by Crippen LogP contribution is 2.24. The highest BCUT2D eigenvalue weighted by molar-refractivity contribution is 9.09. The van der Waals surface area contributed by atoms with Gasteiger partial charge in [-0.3, -0.25) is 4.68 Å². The Hall–Kier alpha value is -1.29. The zero-order chi connectivity index (χ0) is 15.2. The van der Waals surface area contributed by atoms with E-state index in [-0.39, 0.29) is 0 Å². The molecular formula is C17H23BrN2O. The van der Waals surface area contributed by atoms with Crippen LogP contribution in [-0.4, -0.2) is 22.2 Å². The summed E-state index contributed by atoms with van der Waals surface area (Å²) in [6.45, 7) is 2.14. The number of halogens is 1. The quantitative estimate of drug-likeness (QED) is 0.710. The number of aryl methyl sites for hydroxylation is 2. The van der Waals surface area contributed by atoms with E-state index in [4.69, 9.17) is 4.74 Å². The van der Waals surface area contributed by atoms with Crippen LogP contribution in [0.3, 0.4) is 0 Å². The predicted octanol–water partition coefficient (Wildman–Crippen LogP) is 3.79. The van der Waals surface area contributed by atoms with Crippen LogP contribution in [0.4, 0.5) is 0 Å². The van der Waals surface area contributed by atoms with Gasteiger partial charge in [0.15, 0.2) is 0 Å². The molecule has 0 bridgehead atoms. The van der Waals surface area contributed by atoms with Gasteiger partial charge in [0.2, 0.25) is 0 Å². The maximum Gasteiger partial charge on any atom is 0.122 e. The Morgan fingerprint density at radius 1 is 1.29 bits per heavy atom. The van der Waals surface area contributed by atoms with E-state index in [9.17, 15) is 0 Å². The van der Waals surface area contributed by atoms with Crippen LogP contribution in [0.1, 0.15) is 23.9 Å². The number of para-hydroxylation sites is 1. The summed E-state index contributed by atoms with van der Waals surface area (Å²) >= 11 is 3.66. The maximum absolute atomic E-state index is 5.45. The lowest BCUT2D eigenvalue weighted by Gasteiger charge is -2.16. The largest absolute Gasteiger partial charge is 0.496 e. The average molecular weight is 351 g/mol. The number of rotatable bonds is 7. The topological polar surface area (TPSA) is 27.1 Å². The Morgan fingerprint density at radius 3 is 2.67 bits per heavy atom. The van der Waals surface area contributed by atoms with Crippen LogP contribution in [0.5, 0.6) is 5.75 Å². The minimum absolute atomic E-state index is 0.529. The Bertz CT molecular complexity index is 580. The van der Waals surface area contributed by atoms with E-state index in [1.165, 1.54) is 11.3 Å². The van der Waals surface area contributed by atoms with E-state index in [2.05, 4.69) is 46.2 Å². The van der Waals surface area contributed by atoms with Gasteiger partial charge in [-0.15, -0.1) is 0 Å². The van der Waals surface area contributed by atoms with Crippen molar-refractivity contribution in [2.45, 2.75) is 26.2 Å². The van der Waals surface area contributed by atoms with Gasteiger partial charge in [0.1, 0.15) is 5.75 Å². The smallest absolute Gasteiger partial charge is 0.122 e. The number of hydrogen-bond acceptors (Lipinski definition) is 2. The van der Waals surface area contributed by atoms with Gasteiger partial charge in [0.25, 0.3) is 0 Å². The van der Waals surface area contributed by atoms with E-state index >= 15 is 0 Å². The molecule has 114 valence electrons. The van der Waals surface area contributed by atoms with E-state index in [1.54, 1.807) is 7.11 Å². The molecule has 2 rings (SSSR count). The molecule has 1 aromatic carbocycles. The van der Waals surface area contributed by atoms with Crippen molar-refractivity contribution in [1.29, 1.82) is 0 Å². The van der Waals surface area contributed by atoms with Gasteiger partial charge in [0.05, 0.1) is 12.8 Å². The summed E-state index contributed by atoms with van der Waals surface area (Å²) in [5, 5.41) is 5.50. The SMILES string of the molecule is CCc1cc(CC(CBr)Cc2ccccc2OC)n(C)n1. The standard InChI is InChI=1S/C17H23BrN2O/c1-4-15-11-16(20(2)19-15)10-13(12-18)9-14-7-5-6-8-17(14)21-3/h5-8,11,13H,4,9-10,12H2,1-3H3. The van der Waals surface area contributed by atoms with E-state index in [1.807, 2.05) is 23.9 Å². The lowest BCUT2D eigenvalue weighted by Crippen LogP contribution is -2.13. The summed E-state index contributed by atoms with van der Waals surface area (Å²) in [5.74, 6) is 1.50. The highest BCUT2D eigenvalue weighted by atomic mass is 79.9. The summed E-state index contributed by atoms with van der Waals surface area (Å²) in [4.78, 5) is 0. The van der Waals surface area contributed by atoms with Crippen molar-refractivity contribution >= 4 is 15.9 Å². The average Bonchev–Trinajstić information content (AvgIpc) is 2.87. The highest BCUT2D eigenvalue weighted by Gasteiger charge is 2.15. The molecule has 0 aliphatic carbocycles. The van der Waals surface area contributed by atoms with E-state index in [0.717, 1.165) is 36.0 Å². The first-order valence-electron chi connectivity index (χ1n) is 7.37. The molecule has 0 radical (unpaired) electrons. The van der Waals surface area contributed by atoms with Crippen molar-refractivity contribution in [3.8, 4) is 5.75 Å². The lowest BCUT2D eigenvalue weighted by molar-refractivity contribution is 0.405. The van der Waals surface area contributed by atoms with Crippen molar-refractivity contribution in [3.63, 3.8) is 0 Å². The second kappa shape index (κ2) is 7.64. The molecule has 1 aromatic heterocycles. The number of benzene rings is 1. The maximum atomic E-state index is 5.45. The Kier molecular flexibility index (Phi) is 5.85. The molecule has 0 saturated carbocycles. The van der Waals surface area contributed by atoms with Crippen LogP contribution in [0, 0.1) is 5.92 Å². The molecule has 21 heavy (non-hydrogen) atoms. The van der Waals surface area contributed by atoms with Crippen molar-refractivity contribution in [3.05, 3.63) is 47.3 Å². The molecular weight excluding hydrogens is 328 g/mol.